The highest BCUT2D eigenvalue weighted by molar-refractivity contribution is 5.95. The summed E-state index contributed by atoms with van der Waals surface area (Å²) in [5.41, 5.74) is 5.15. The summed E-state index contributed by atoms with van der Waals surface area (Å²) in [5, 5.41) is 12.3. The minimum absolute atomic E-state index is 0.129. The van der Waals surface area contributed by atoms with E-state index in [1.807, 2.05) is 63.2 Å². The number of benzene rings is 3. The lowest BCUT2D eigenvalue weighted by molar-refractivity contribution is -0.115. The van der Waals surface area contributed by atoms with Crippen LogP contribution in [0.4, 0.5) is 5.69 Å². The van der Waals surface area contributed by atoms with Crippen molar-refractivity contribution in [2.45, 2.75) is 39.2 Å². The largest absolute Gasteiger partial charge is 0.485 e. The fourth-order valence-corrected chi connectivity index (χ4v) is 3.89. The van der Waals surface area contributed by atoms with Crippen molar-refractivity contribution in [3.63, 3.8) is 0 Å². The third kappa shape index (κ3) is 4.61. The average molecular weight is 415 g/mol. The number of anilines is 1. The number of nitrogens with one attached hydrogen (secondary N) is 1. The third-order valence-corrected chi connectivity index (χ3v) is 5.36. The Bertz CT molecular complexity index is 1160. The fourth-order valence-electron chi connectivity index (χ4n) is 3.89. The Hall–Kier alpha value is -3.60. The Morgan fingerprint density at radius 1 is 1.03 bits per heavy atom. The first-order chi connectivity index (χ1) is 14.7. The lowest BCUT2D eigenvalue weighted by Crippen LogP contribution is -2.25. The van der Waals surface area contributed by atoms with Gasteiger partial charge in [0.1, 0.15) is 11.4 Å². The molecule has 1 aliphatic heterocycles. The molecule has 0 fully saturated rings. The molecule has 0 atom stereocenters. The maximum Gasteiger partial charge on any atom is 0.335 e. The molecule has 158 valence electrons. The third-order valence-electron chi connectivity index (χ3n) is 5.36. The summed E-state index contributed by atoms with van der Waals surface area (Å²) in [6.07, 6.45) is 0.965. The number of carboxylic acid groups (broad SMARTS) is 1. The second kappa shape index (κ2) is 7.91. The topological polar surface area (TPSA) is 75.6 Å². The summed E-state index contributed by atoms with van der Waals surface area (Å²) in [7, 11) is 0. The number of carbonyl (C=O) groups is 2. The lowest BCUT2D eigenvalue weighted by atomic mass is 9.96. The number of hydrogen-bond acceptors (Lipinski definition) is 3. The first kappa shape index (κ1) is 20.7. The van der Waals surface area contributed by atoms with Crippen LogP contribution < -0.4 is 10.1 Å². The Balaban J connectivity index is 1.68. The van der Waals surface area contributed by atoms with Gasteiger partial charge >= 0.3 is 5.97 Å². The van der Waals surface area contributed by atoms with E-state index in [2.05, 4.69) is 5.32 Å². The molecule has 31 heavy (non-hydrogen) atoms. The van der Waals surface area contributed by atoms with Crippen LogP contribution >= 0.6 is 0 Å². The van der Waals surface area contributed by atoms with Crippen LogP contribution in [0.2, 0.25) is 0 Å². The van der Waals surface area contributed by atoms with E-state index in [9.17, 15) is 14.7 Å². The minimum Gasteiger partial charge on any atom is -0.485 e. The maximum absolute atomic E-state index is 12.8. The quantitative estimate of drug-likeness (QED) is 0.596. The molecule has 3 aromatic rings. The Morgan fingerprint density at radius 3 is 2.48 bits per heavy atom. The normalized spacial score (nSPS) is 13.9. The molecule has 0 saturated carbocycles. The number of carbonyl (C=O) groups excluding carboxylic acids is 1. The van der Waals surface area contributed by atoms with Gasteiger partial charge in [0.2, 0.25) is 5.91 Å². The molecule has 3 aromatic carbocycles. The monoisotopic (exact) mass is 415 g/mol. The van der Waals surface area contributed by atoms with Crippen LogP contribution in [0.3, 0.4) is 0 Å². The van der Waals surface area contributed by atoms with E-state index < -0.39 is 5.97 Å². The molecule has 0 spiro atoms. The van der Waals surface area contributed by atoms with E-state index in [1.54, 1.807) is 18.2 Å². The Morgan fingerprint density at radius 2 is 1.77 bits per heavy atom. The molecule has 2 N–H and O–H groups in total. The Labute approximate surface area is 181 Å². The first-order valence-electron chi connectivity index (χ1n) is 10.3. The van der Waals surface area contributed by atoms with Gasteiger partial charge in [-0.15, -0.1) is 0 Å². The number of carboxylic acids is 1. The average Bonchev–Trinajstić information content (AvgIpc) is 3.04. The summed E-state index contributed by atoms with van der Waals surface area (Å²) in [6.45, 7) is 6.03. The number of hydrogen-bond donors (Lipinski definition) is 2. The van der Waals surface area contributed by atoms with E-state index >= 15 is 0 Å². The van der Waals surface area contributed by atoms with Gasteiger partial charge in [-0.1, -0.05) is 42.0 Å². The molecule has 0 saturated heterocycles. The van der Waals surface area contributed by atoms with E-state index in [4.69, 9.17) is 4.74 Å². The summed E-state index contributed by atoms with van der Waals surface area (Å²) < 4.78 is 6.14. The summed E-state index contributed by atoms with van der Waals surface area (Å²) in [5.74, 6) is -0.421. The van der Waals surface area contributed by atoms with Gasteiger partial charge in [0.15, 0.2) is 0 Å². The Kier molecular flexibility index (Phi) is 5.27. The van der Waals surface area contributed by atoms with Crippen molar-refractivity contribution in [2.75, 3.05) is 5.32 Å². The number of amides is 1. The molecule has 0 bridgehead atoms. The predicted molar refractivity (Wildman–Crippen MR) is 121 cm³/mol. The van der Waals surface area contributed by atoms with Crippen molar-refractivity contribution >= 4 is 17.6 Å². The molecule has 1 heterocycles. The molecule has 5 heteroatoms. The summed E-state index contributed by atoms with van der Waals surface area (Å²) >= 11 is 0. The number of aromatic carboxylic acids is 1. The van der Waals surface area contributed by atoms with Crippen LogP contribution in [0, 0.1) is 6.92 Å². The van der Waals surface area contributed by atoms with Gasteiger partial charge in [-0.3, -0.25) is 4.79 Å². The zero-order valence-electron chi connectivity index (χ0n) is 17.9. The van der Waals surface area contributed by atoms with E-state index in [0.717, 1.165) is 27.8 Å². The second-order valence-corrected chi connectivity index (χ2v) is 8.65. The second-order valence-electron chi connectivity index (χ2n) is 8.65. The van der Waals surface area contributed by atoms with E-state index in [0.29, 0.717) is 17.9 Å². The molecular formula is C26H25NO4. The summed E-state index contributed by atoms with van der Waals surface area (Å²) in [6, 6.07) is 18.5. The van der Waals surface area contributed by atoms with E-state index in [1.165, 1.54) is 0 Å². The highest BCUT2D eigenvalue weighted by Crippen LogP contribution is 2.43. The lowest BCUT2D eigenvalue weighted by Gasteiger charge is -2.18. The number of rotatable bonds is 5. The van der Waals surface area contributed by atoms with Gasteiger partial charge in [-0.2, -0.15) is 0 Å². The van der Waals surface area contributed by atoms with Crippen LogP contribution in [0.15, 0.2) is 60.7 Å². The van der Waals surface area contributed by atoms with Crippen LogP contribution in [-0.4, -0.2) is 22.6 Å². The number of aryl methyl sites for hydroxylation is 1. The SMILES string of the molecule is Cc1ccc(CC(=O)Nc2cc(-c3cccc(C(=O)O)c3)cc3c2OC(C)(C)C3)cc1. The number of ether oxygens (including phenoxy) is 1. The van der Waals surface area contributed by atoms with Gasteiger partial charge < -0.3 is 15.2 Å². The van der Waals surface area contributed by atoms with Crippen molar-refractivity contribution < 1.29 is 19.4 Å². The van der Waals surface area contributed by atoms with Crippen LogP contribution in [0.1, 0.15) is 40.9 Å². The van der Waals surface area contributed by atoms with Gasteiger partial charge in [-0.25, -0.2) is 4.79 Å². The van der Waals surface area contributed by atoms with Crippen molar-refractivity contribution in [2.24, 2.45) is 0 Å². The van der Waals surface area contributed by atoms with Crippen LogP contribution in [0.25, 0.3) is 11.1 Å². The van der Waals surface area contributed by atoms with E-state index in [-0.39, 0.29) is 23.5 Å². The zero-order valence-corrected chi connectivity index (χ0v) is 17.9. The zero-order chi connectivity index (χ0) is 22.2. The molecule has 0 unspecified atom stereocenters. The molecule has 0 aromatic heterocycles. The molecule has 4 rings (SSSR count). The van der Waals surface area contributed by atoms with Crippen molar-refractivity contribution in [3.8, 4) is 16.9 Å². The van der Waals surface area contributed by atoms with Gasteiger partial charge in [-0.05, 0) is 61.7 Å². The predicted octanol–water partition coefficient (Wildman–Crippen LogP) is 5.25. The molecule has 0 radical (unpaired) electrons. The van der Waals surface area contributed by atoms with Crippen LogP contribution in [0.5, 0.6) is 5.75 Å². The molecule has 1 aliphatic rings. The molecular weight excluding hydrogens is 390 g/mol. The number of fused-ring (bicyclic) bond motifs is 1. The van der Waals surface area contributed by atoms with Crippen molar-refractivity contribution in [3.05, 3.63) is 82.9 Å². The summed E-state index contributed by atoms with van der Waals surface area (Å²) in [4.78, 5) is 24.2. The van der Waals surface area contributed by atoms with Crippen LogP contribution in [-0.2, 0) is 17.6 Å². The smallest absolute Gasteiger partial charge is 0.335 e. The fraction of sp³-hybridized carbons (Fsp3) is 0.231. The van der Waals surface area contributed by atoms with Gasteiger partial charge in [0.05, 0.1) is 17.7 Å². The minimum atomic E-state index is -0.973. The molecule has 5 nitrogen and oxygen atoms in total. The molecule has 0 aliphatic carbocycles. The van der Waals surface area contributed by atoms with Gasteiger partial charge in [0.25, 0.3) is 0 Å². The highest BCUT2D eigenvalue weighted by Gasteiger charge is 2.33. The van der Waals surface area contributed by atoms with Gasteiger partial charge in [0, 0.05) is 12.0 Å². The van der Waals surface area contributed by atoms with Crippen molar-refractivity contribution in [1.29, 1.82) is 0 Å². The standard InChI is InChI=1S/C26H25NO4/c1-16-7-9-17(10-8-16)11-23(28)27-22-14-20(13-21-15-26(2,3)31-24(21)22)18-5-4-6-19(12-18)25(29)30/h4-10,12-14H,11,15H2,1-3H3,(H,27,28)(H,29,30). The highest BCUT2D eigenvalue weighted by atomic mass is 16.5. The van der Waals surface area contributed by atoms with Crippen molar-refractivity contribution in [1.82, 2.24) is 0 Å². The first-order valence-corrected chi connectivity index (χ1v) is 10.3. The molecule has 1 amide bonds. The maximum atomic E-state index is 12.8.